The first-order chi connectivity index (χ1) is 12.5. The topological polar surface area (TPSA) is 82.6 Å². The molecular weight excluding hydrogens is 378 g/mol. The van der Waals surface area contributed by atoms with Gasteiger partial charge < -0.3 is 37.0 Å². The molecule has 0 fully saturated rings. The number of anilines is 1. The number of hydrogen-bond donors (Lipinski definition) is 1. The monoisotopic (exact) mass is 390 g/mol. The van der Waals surface area contributed by atoms with Crippen molar-refractivity contribution in [3.63, 3.8) is 0 Å². The normalized spacial score (nSPS) is 10.4. The summed E-state index contributed by atoms with van der Waals surface area (Å²) < 4.78 is 16.4. The van der Waals surface area contributed by atoms with Crippen LogP contribution in [0, 0.1) is 0 Å². The number of fused-ring (bicyclic) bond motifs is 1. The molecule has 1 heterocycles. The Labute approximate surface area is 159 Å². The Morgan fingerprint density at radius 1 is 1.12 bits per heavy atom. The molecule has 0 aliphatic rings. The van der Waals surface area contributed by atoms with Crippen LogP contribution in [0.2, 0.25) is 5.02 Å². The number of halogens is 1. The molecule has 0 saturated carbocycles. The third-order valence-electron chi connectivity index (χ3n) is 3.50. The van der Waals surface area contributed by atoms with E-state index in [-0.39, 0.29) is 0 Å². The average molecular weight is 391 g/mol. The van der Waals surface area contributed by atoms with Crippen LogP contribution in [0.15, 0.2) is 36.7 Å². The molecular formula is C17H13ClN3O4S-. The van der Waals surface area contributed by atoms with Gasteiger partial charge >= 0.3 is 0 Å². The van der Waals surface area contributed by atoms with Crippen molar-refractivity contribution in [2.24, 2.45) is 0 Å². The van der Waals surface area contributed by atoms with Gasteiger partial charge in [0, 0.05) is 12.1 Å². The summed E-state index contributed by atoms with van der Waals surface area (Å²) in [5.41, 5.74) is 1.03. The molecule has 0 bridgehead atoms. The molecule has 7 nitrogen and oxygen atoms in total. The summed E-state index contributed by atoms with van der Waals surface area (Å²) in [4.78, 5) is 19.4. The predicted molar refractivity (Wildman–Crippen MR) is 101 cm³/mol. The Kier molecular flexibility index (Phi) is 5.24. The van der Waals surface area contributed by atoms with Gasteiger partial charge in [-0.3, -0.25) is 0 Å². The minimum atomic E-state index is -0.622. The van der Waals surface area contributed by atoms with Gasteiger partial charge in [-0.15, -0.1) is 0 Å². The van der Waals surface area contributed by atoms with Gasteiger partial charge in [-0.1, -0.05) is 11.6 Å². The Hall–Kier alpha value is -2.84. The highest BCUT2D eigenvalue weighted by Crippen LogP contribution is 2.36. The summed E-state index contributed by atoms with van der Waals surface area (Å²) in [6, 6.07) is 8.25. The number of rotatable bonds is 5. The molecule has 0 atom stereocenters. The lowest BCUT2D eigenvalue weighted by Crippen LogP contribution is -2.05. The van der Waals surface area contributed by atoms with Crippen LogP contribution in [0.1, 0.15) is 0 Å². The first kappa shape index (κ1) is 18.0. The number of carbonyl (C=O) groups excluding carboxylic acids is 1. The summed E-state index contributed by atoms with van der Waals surface area (Å²) in [6.07, 6.45) is 1.39. The van der Waals surface area contributed by atoms with Crippen molar-refractivity contribution in [1.29, 1.82) is 0 Å². The number of aromatic nitrogens is 2. The van der Waals surface area contributed by atoms with E-state index in [9.17, 15) is 4.79 Å². The van der Waals surface area contributed by atoms with Crippen LogP contribution >= 0.6 is 11.6 Å². The summed E-state index contributed by atoms with van der Waals surface area (Å²) in [5.74, 6) is 1.84. The molecule has 26 heavy (non-hydrogen) atoms. The zero-order chi connectivity index (χ0) is 18.7. The molecule has 0 unspecified atom stereocenters. The number of carbonyl (C=O) groups is 1. The van der Waals surface area contributed by atoms with E-state index >= 15 is 0 Å². The molecule has 3 aromatic rings. The van der Waals surface area contributed by atoms with Crippen molar-refractivity contribution in [2.75, 3.05) is 19.5 Å². The second-order valence-electron chi connectivity index (χ2n) is 5.06. The van der Waals surface area contributed by atoms with Crippen LogP contribution in [0.25, 0.3) is 10.9 Å². The zero-order valence-electron chi connectivity index (χ0n) is 13.8. The van der Waals surface area contributed by atoms with Crippen molar-refractivity contribution in [2.45, 2.75) is 0 Å². The Morgan fingerprint density at radius 3 is 2.50 bits per heavy atom. The molecule has 2 aromatic carbocycles. The summed E-state index contributed by atoms with van der Waals surface area (Å²) in [6.45, 7) is 0. The fourth-order valence-corrected chi connectivity index (χ4v) is 2.65. The van der Waals surface area contributed by atoms with Crippen LogP contribution in [0.5, 0.6) is 23.1 Å². The first-order valence-corrected chi connectivity index (χ1v) is 8.12. The van der Waals surface area contributed by atoms with Crippen LogP contribution < -0.4 is 19.5 Å². The van der Waals surface area contributed by atoms with E-state index in [0.717, 1.165) is 0 Å². The maximum Gasteiger partial charge on any atom is 0.230 e. The highest BCUT2D eigenvalue weighted by atomic mass is 35.5. The average Bonchev–Trinajstić information content (AvgIpc) is 2.62. The SMILES string of the molecule is COc1cc2ncnc(Oc3ccc(NC(=O)[S-])c(Cl)c3)c2cc1OC. The van der Waals surface area contributed by atoms with E-state index in [0.29, 0.717) is 44.7 Å². The molecule has 1 aromatic heterocycles. The number of nitrogens with one attached hydrogen (secondary N) is 1. The van der Waals surface area contributed by atoms with Crippen molar-refractivity contribution < 1.29 is 19.0 Å². The van der Waals surface area contributed by atoms with E-state index in [1.54, 1.807) is 44.6 Å². The lowest BCUT2D eigenvalue weighted by atomic mass is 10.2. The van der Waals surface area contributed by atoms with Crippen molar-refractivity contribution in [3.8, 4) is 23.1 Å². The Morgan fingerprint density at radius 2 is 1.85 bits per heavy atom. The Bertz CT molecular complexity index is 984. The Balaban J connectivity index is 1.98. The molecule has 0 radical (unpaired) electrons. The number of ether oxygens (including phenoxy) is 3. The maximum absolute atomic E-state index is 11.0. The summed E-state index contributed by atoms with van der Waals surface area (Å²) in [7, 11) is 3.09. The number of amides is 1. The van der Waals surface area contributed by atoms with Crippen LogP contribution in [-0.4, -0.2) is 29.4 Å². The van der Waals surface area contributed by atoms with Gasteiger partial charge in [0.2, 0.25) is 5.88 Å². The fraction of sp³-hybridized carbons (Fsp3) is 0.118. The van der Waals surface area contributed by atoms with Crippen molar-refractivity contribution in [3.05, 3.63) is 41.7 Å². The molecule has 0 saturated heterocycles. The van der Waals surface area contributed by atoms with Crippen LogP contribution in [0.4, 0.5) is 10.5 Å². The molecule has 9 heteroatoms. The van der Waals surface area contributed by atoms with Gasteiger partial charge in [-0.05, 0) is 18.2 Å². The van der Waals surface area contributed by atoms with Crippen LogP contribution in [-0.2, 0) is 12.6 Å². The van der Waals surface area contributed by atoms with Gasteiger partial charge in [-0.25, -0.2) is 9.97 Å². The second-order valence-corrected chi connectivity index (χ2v) is 5.84. The third-order valence-corrected chi connectivity index (χ3v) is 3.91. The number of benzene rings is 2. The van der Waals surface area contributed by atoms with Crippen molar-refractivity contribution in [1.82, 2.24) is 9.97 Å². The zero-order valence-corrected chi connectivity index (χ0v) is 15.4. The molecule has 1 N–H and O–H groups in total. The largest absolute Gasteiger partial charge is 0.719 e. The second kappa shape index (κ2) is 7.59. The summed E-state index contributed by atoms with van der Waals surface area (Å²) >= 11 is 10.6. The smallest absolute Gasteiger partial charge is 0.230 e. The summed E-state index contributed by atoms with van der Waals surface area (Å²) in [5, 5.41) is 2.76. The van der Waals surface area contributed by atoms with Crippen LogP contribution in [0.3, 0.4) is 0 Å². The number of methoxy groups -OCH3 is 2. The standard InChI is InChI=1S/C17H14ClN3O4S/c1-23-14-6-10-13(7-15(14)24-2)19-8-20-16(10)25-9-3-4-12(11(18)5-9)21-17(22)26/h3-8H,1-2H3,(H2,21,22,26)/p-1. The van der Waals surface area contributed by atoms with Gasteiger partial charge in [0.15, 0.2) is 11.5 Å². The highest BCUT2D eigenvalue weighted by molar-refractivity contribution is 7.77. The van der Waals surface area contributed by atoms with Gasteiger partial charge in [-0.2, -0.15) is 0 Å². The lowest BCUT2D eigenvalue weighted by molar-refractivity contribution is 0.270. The highest BCUT2D eigenvalue weighted by Gasteiger charge is 2.13. The maximum atomic E-state index is 11.0. The fourth-order valence-electron chi connectivity index (χ4n) is 2.32. The lowest BCUT2D eigenvalue weighted by Gasteiger charge is -2.13. The van der Waals surface area contributed by atoms with Crippen molar-refractivity contribution >= 4 is 46.1 Å². The van der Waals surface area contributed by atoms with E-state index in [1.165, 1.54) is 6.33 Å². The van der Waals surface area contributed by atoms with E-state index in [2.05, 4.69) is 27.9 Å². The van der Waals surface area contributed by atoms with E-state index in [4.69, 9.17) is 25.8 Å². The molecule has 1 amide bonds. The van der Waals surface area contributed by atoms with Gasteiger partial charge in [0.1, 0.15) is 17.3 Å². The quantitative estimate of drug-likeness (QED) is 0.654. The van der Waals surface area contributed by atoms with Gasteiger partial charge in [0.25, 0.3) is 0 Å². The number of hydrogen-bond acceptors (Lipinski definition) is 7. The third kappa shape index (κ3) is 3.71. The van der Waals surface area contributed by atoms with E-state index < -0.39 is 5.24 Å². The predicted octanol–water partition coefficient (Wildman–Crippen LogP) is 4.17. The minimum Gasteiger partial charge on any atom is -0.719 e. The molecule has 0 spiro atoms. The molecule has 0 aliphatic carbocycles. The van der Waals surface area contributed by atoms with Gasteiger partial charge in [0.05, 0.1) is 35.8 Å². The number of nitrogens with zero attached hydrogens (tertiary/aromatic N) is 2. The molecule has 3 rings (SSSR count). The first-order valence-electron chi connectivity index (χ1n) is 7.34. The molecule has 0 aliphatic heterocycles. The van der Waals surface area contributed by atoms with E-state index in [1.807, 2.05) is 0 Å². The minimum absolute atomic E-state index is 0.290. The molecule has 134 valence electrons.